The van der Waals surface area contributed by atoms with E-state index in [4.69, 9.17) is 4.74 Å². The maximum absolute atomic E-state index is 11.7. The van der Waals surface area contributed by atoms with Gasteiger partial charge in [-0.15, -0.1) is 24.0 Å². The highest BCUT2D eigenvalue weighted by Crippen LogP contribution is 2.18. The van der Waals surface area contributed by atoms with Crippen molar-refractivity contribution < 1.29 is 9.53 Å². The first-order valence-electron chi connectivity index (χ1n) is 10.5. The van der Waals surface area contributed by atoms with Gasteiger partial charge in [-0.2, -0.15) is 0 Å². The van der Waals surface area contributed by atoms with E-state index in [9.17, 15) is 4.79 Å². The zero-order chi connectivity index (χ0) is 20.5. The minimum Gasteiger partial charge on any atom is -0.469 e. The van der Waals surface area contributed by atoms with Crippen molar-refractivity contribution in [2.24, 2.45) is 10.9 Å². The molecule has 168 valence electrons. The van der Waals surface area contributed by atoms with Gasteiger partial charge in [0.1, 0.15) is 0 Å². The number of likely N-dealkylation sites (tertiary alicyclic amines) is 1. The topological polar surface area (TPSA) is 86.2 Å². The molecule has 0 radical (unpaired) electrons. The number of carbonyl (C=O) groups is 1. The summed E-state index contributed by atoms with van der Waals surface area (Å²) in [6.07, 6.45) is 6.31. The molecule has 3 heterocycles. The molecular formula is C20H34IN7O2. The van der Waals surface area contributed by atoms with Crippen molar-refractivity contribution in [2.75, 3.05) is 71.4 Å². The average Bonchev–Trinajstić information content (AvgIpc) is 2.80. The number of aromatic nitrogens is 2. The largest absolute Gasteiger partial charge is 0.469 e. The number of guanidine groups is 1. The number of ether oxygens (including phenoxy) is 1. The van der Waals surface area contributed by atoms with E-state index in [1.165, 1.54) is 7.11 Å². The zero-order valence-corrected chi connectivity index (χ0v) is 20.3. The van der Waals surface area contributed by atoms with E-state index < -0.39 is 0 Å². The van der Waals surface area contributed by atoms with Crippen LogP contribution in [0.3, 0.4) is 0 Å². The van der Waals surface area contributed by atoms with Crippen LogP contribution in [0.4, 0.5) is 5.95 Å². The fourth-order valence-electron chi connectivity index (χ4n) is 3.95. The number of nitrogens with one attached hydrogen (secondary N) is 1. The Hall–Kier alpha value is -1.69. The number of halogens is 1. The average molecular weight is 531 g/mol. The lowest BCUT2D eigenvalue weighted by molar-refractivity contribution is -0.146. The van der Waals surface area contributed by atoms with Gasteiger partial charge >= 0.3 is 5.97 Å². The van der Waals surface area contributed by atoms with E-state index in [1.807, 2.05) is 13.1 Å². The van der Waals surface area contributed by atoms with Gasteiger partial charge in [0.15, 0.2) is 5.96 Å². The maximum atomic E-state index is 11.7. The van der Waals surface area contributed by atoms with Gasteiger partial charge in [0.25, 0.3) is 0 Å². The van der Waals surface area contributed by atoms with E-state index in [-0.39, 0.29) is 35.9 Å². The normalized spacial score (nSPS) is 18.7. The summed E-state index contributed by atoms with van der Waals surface area (Å²) in [6, 6.07) is 1.85. The minimum atomic E-state index is -0.0912. The second kappa shape index (κ2) is 12.9. The number of piperazine rings is 1. The Kier molecular flexibility index (Phi) is 10.6. The Morgan fingerprint density at radius 1 is 1.17 bits per heavy atom. The molecule has 0 aliphatic carbocycles. The van der Waals surface area contributed by atoms with Crippen LogP contribution in [0.2, 0.25) is 0 Å². The standard InChI is InChI=1S/C20H33N7O2.HI/c1-21-19(26-11-5-17(6-12-26)18(28)29-2)22-9-4-10-25-13-15-27(16-14-25)20-23-7-3-8-24-20;/h3,7-8,17H,4-6,9-16H2,1-2H3,(H,21,22);1H. The summed E-state index contributed by atoms with van der Waals surface area (Å²) in [5.41, 5.74) is 0. The van der Waals surface area contributed by atoms with Crippen LogP contribution in [0.15, 0.2) is 23.5 Å². The maximum Gasteiger partial charge on any atom is 0.308 e. The first-order valence-corrected chi connectivity index (χ1v) is 10.5. The molecule has 0 amide bonds. The lowest BCUT2D eigenvalue weighted by Crippen LogP contribution is -2.48. The Bertz CT molecular complexity index is 660. The van der Waals surface area contributed by atoms with Gasteiger partial charge < -0.3 is 19.9 Å². The van der Waals surface area contributed by atoms with E-state index >= 15 is 0 Å². The monoisotopic (exact) mass is 531 g/mol. The summed E-state index contributed by atoms with van der Waals surface area (Å²) < 4.78 is 4.86. The molecule has 1 aromatic heterocycles. The summed E-state index contributed by atoms with van der Waals surface area (Å²) >= 11 is 0. The Morgan fingerprint density at radius 3 is 2.43 bits per heavy atom. The molecule has 0 unspecified atom stereocenters. The highest BCUT2D eigenvalue weighted by molar-refractivity contribution is 14.0. The Morgan fingerprint density at radius 2 is 1.83 bits per heavy atom. The van der Waals surface area contributed by atoms with E-state index in [0.717, 1.165) is 83.5 Å². The number of methoxy groups -OCH3 is 1. The molecule has 0 spiro atoms. The second-order valence-corrected chi connectivity index (χ2v) is 7.49. The van der Waals surface area contributed by atoms with Crippen molar-refractivity contribution in [3.05, 3.63) is 18.5 Å². The van der Waals surface area contributed by atoms with Crippen LogP contribution in [0, 0.1) is 5.92 Å². The molecule has 9 nitrogen and oxygen atoms in total. The summed E-state index contributed by atoms with van der Waals surface area (Å²) in [6.45, 7) is 7.64. The van der Waals surface area contributed by atoms with Crippen molar-refractivity contribution in [3.63, 3.8) is 0 Å². The smallest absolute Gasteiger partial charge is 0.308 e. The fraction of sp³-hybridized carbons (Fsp3) is 0.700. The van der Waals surface area contributed by atoms with Gasteiger partial charge in [0, 0.05) is 65.3 Å². The Labute approximate surface area is 196 Å². The number of carbonyl (C=O) groups excluding carboxylic acids is 1. The first kappa shape index (κ1) is 24.6. The molecule has 0 aromatic carbocycles. The SMILES string of the molecule is CN=C(NCCCN1CCN(c2ncccn2)CC1)N1CCC(C(=O)OC)CC1.I. The number of piperidine rings is 1. The predicted molar refractivity (Wildman–Crippen MR) is 128 cm³/mol. The molecule has 2 aliphatic rings. The molecule has 30 heavy (non-hydrogen) atoms. The van der Waals surface area contributed by atoms with Crippen LogP contribution in [0.25, 0.3) is 0 Å². The van der Waals surface area contributed by atoms with Gasteiger partial charge in [0.05, 0.1) is 13.0 Å². The van der Waals surface area contributed by atoms with Gasteiger partial charge in [-0.05, 0) is 31.9 Å². The number of hydrogen-bond donors (Lipinski definition) is 1. The molecule has 0 bridgehead atoms. The molecule has 2 fully saturated rings. The third kappa shape index (κ3) is 6.93. The van der Waals surface area contributed by atoms with Crippen molar-refractivity contribution in [1.82, 2.24) is 25.1 Å². The van der Waals surface area contributed by atoms with Gasteiger partial charge in [-0.3, -0.25) is 14.7 Å². The molecule has 3 rings (SSSR count). The quantitative estimate of drug-likeness (QED) is 0.192. The summed E-state index contributed by atoms with van der Waals surface area (Å²) in [5.74, 6) is 1.69. The van der Waals surface area contributed by atoms with Crippen LogP contribution < -0.4 is 10.2 Å². The number of esters is 1. The summed E-state index contributed by atoms with van der Waals surface area (Å²) in [7, 11) is 3.28. The number of rotatable bonds is 6. The lowest BCUT2D eigenvalue weighted by Gasteiger charge is -2.35. The van der Waals surface area contributed by atoms with E-state index in [2.05, 4.69) is 35.0 Å². The van der Waals surface area contributed by atoms with Crippen LogP contribution in [0.5, 0.6) is 0 Å². The molecule has 0 atom stereocenters. The molecule has 1 N–H and O–H groups in total. The van der Waals surface area contributed by atoms with E-state index in [0.29, 0.717) is 0 Å². The molecule has 2 aliphatic heterocycles. The second-order valence-electron chi connectivity index (χ2n) is 7.49. The van der Waals surface area contributed by atoms with Crippen molar-refractivity contribution >= 4 is 41.9 Å². The van der Waals surface area contributed by atoms with Crippen molar-refractivity contribution in [1.29, 1.82) is 0 Å². The first-order chi connectivity index (χ1) is 14.2. The van der Waals surface area contributed by atoms with E-state index in [1.54, 1.807) is 12.4 Å². The molecule has 1 aromatic rings. The fourth-order valence-corrected chi connectivity index (χ4v) is 3.95. The number of hydrogen-bond acceptors (Lipinski definition) is 7. The van der Waals surface area contributed by atoms with Crippen LogP contribution in [0.1, 0.15) is 19.3 Å². The molecule has 2 saturated heterocycles. The van der Waals surface area contributed by atoms with Crippen LogP contribution in [-0.2, 0) is 9.53 Å². The van der Waals surface area contributed by atoms with Gasteiger partial charge in [-0.1, -0.05) is 0 Å². The minimum absolute atomic E-state index is 0. The van der Waals surface area contributed by atoms with Gasteiger partial charge in [-0.25, -0.2) is 9.97 Å². The summed E-state index contributed by atoms with van der Waals surface area (Å²) in [5, 5.41) is 3.47. The lowest BCUT2D eigenvalue weighted by atomic mass is 9.97. The van der Waals surface area contributed by atoms with Gasteiger partial charge in [0.2, 0.25) is 5.95 Å². The highest BCUT2D eigenvalue weighted by Gasteiger charge is 2.27. The van der Waals surface area contributed by atoms with Crippen LogP contribution >= 0.6 is 24.0 Å². The number of anilines is 1. The van der Waals surface area contributed by atoms with Crippen LogP contribution in [-0.4, -0.2) is 98.2 Å². The van der Waals surface area contributed by atoms with Crippen molar-refractivity contribution in [3.8, 4) is 0 Å². The zero-order valence-electron chi connectivity index (χ0n) is 18.0. The number of aliphatic imine (C=N–C) groups is 1. The molecule has 10 heteroatoms. The molecular weight excluding hydrogens is 497 g/mol. The Balaban J connectivity index is 0.00000320. The third-order valence-corrected chi connectivity index (χ3v) is 5.68. The third-order valence-electron chi connectivity index (χ3n) is 5.68. The van der Waals surface area contributed by atoms with Crippen molar-refractivity contribution in [2.45, 2.75) is 19.3 Å². The highest BCUT2D eigenvalue weighted by atomic mass is 127. The predicted octanol–water partition coefficient (Wildman–Crippen LogP) is 1.07. The number of nitrogens with zero attached hydrogens (tertiary/aromatic N) is 6. The molecule has 0 saturated carbocycles. The summed E-state index contributed by atoms with van der Waals surface area (Å²) in [4.78, 5) is 31.7.